The number of aromatic amines is 1. The largest absolute Gasteiger partial charge is 0.337 e. The summed E-state index contributed by atoms with van der Waals surface area (Å²) in [5.41, 5.74) is 5.05. The molecule has 3 rings (SSSR count). The molecule has 2 heterocycles. The molecular weight excluding hydrogens is 286 g/mol. The van der Waals surface area contributed by atoms with Crippen LogP contribution in [0, 0.1) is 6.92 Å². The van der Waals surface area contributed by atoms with Gasteiger partial charge in [0.25, 0.3) is 0 Å². The van der Waals surface area contributed by atoms with Crippen LogP contribution in [0.2, 0.25) is 0 Å². The maximum absolute atomic E-state index is 4.59. The molecule has 3 aromatic rings. The van der Waals surface area contributed by atoms with Crippen LogP contribution < -0.4 is 0 Å². The Bertz CT molecular complexity index is 643. The van der Waals surface area contributed by atoms with Crippen molar-refractivity contribution >= 4 is 38.3 Å². The van der Waals surface area contributed by atoms with E-state index in [1.807, 2.05) is 17.8 Å². The van der Waals surface area contributed by atoms with E-state index in [2.05, 4.69) is 43.9 Å². The van der Waals surface area contributed by atoms with Crippen molar-refractivity contribution in [1.82, 2.24) is 15.0 Å². The molecule has 0 aliphatic carbocycles. The number of aryl methyl sites for hydroxylation is 1. The summed E-state index contributed by atoms with van der Waals surface area (Å²) >= 11 is 5.07. The summed E-state index contributed by atoms with van der Waals surface area (Å²) in [4.78, 5) is 13.0. The maximum Gasteiger partial charge on any atom is 0.150 e. The number of thiazole rings is 1. The smallest absolute Gasteiger partial charge is 0.150 e. The summed E-state index contributed by atoms with van der Waals surface area (Å²) in [6, 6.07) is 4.11. The summed E-state index contributed by atoms with van der Waals surface area (Å²) in [5.74, 6) is 0.888. The first kappa shape index (κ1) is 9.99. The second-order valence-corrected chi connectivity index (χ2v) is 5.37. The lowest BCUT2D eigenvalue weighted by molar-refractivity contribution is 1.33. The Labute approximate surface area is 105 Å². The molecule has 5 heteroatoms. The van der Waals surface area contributed by atoms with Crippen LogP contribution in [0.5, 0.6) is 0 Å². The molecule has 1 aromatic carbocycles. The predicted molar refractivity (Wildman–Crippen MR) is 69.6 cm³/mol. The first-order valence-corrected chi connectivity index (χ1v) is 6.46. The van der Waals surface area contributed by atoms with E-state index in [0.29, 0.717) is 0 Å². The lowest BCUT2D eigenvalue weighted by Gasteiger charge is -1.94. The van der Waals surface area contributed by atoms with E-state index in [0.717, 1.165) is 31.8 Å². The standard InChI is InChI=1S/C11H8BrN3S/c1-6-2-7(12)3-8-10(6)15-11(14-8)9-4-13-5-16-9/h2-5H,1H3,(H,14,15). The number of hydrogen-bond donors (Lipinski definition) is 1. The minimum absolute atomic E-state index is 0.888. The van der Waals surface area contributed by atoms with Crippen molar-refractivity contribution in [2.75, 3.05) is 0 Å². The van der Waals surface area contributed by atoms with Gasteiger partial charge in [0, 0.05) is 10.7 Å². The molecule has 0 saturated carbocycles. The van der Waals surface area contributed by atoms with Crippen molar-refractivity contribution in [3.05, 3.63) is 33.9 Å². The van der Waals surface area contributed by atoms with Gasteiger partial charge in [0.1, 0.15) is 5.82 Å². The van der Waals surface area contributed by atoms with Crippen LogP contribution in [0.25, 0.3) is 21.7 Å². The third kappa shape index (κ3) is 1.56. The van der Waals surface area contributed by atoms with Crippen LogP contribution in [-0.4, -0.2) is 15.0 Å². The average Bonchev–Trinajstić information content (AvgIpc) is 2.82. The molecule has 1 N–H and O–H groups in total. The Morgan fingerprint density at radius 1 is 1.38 bits per heavy atom. The molecule has 3 nitrogen and oxygen atoms in total. The number of aromatic nitrogens is 3. The second kappa shape index (κ2) is 3.68. The van der Waals surface area contributed by atoms with Gasteiger partial charge in [0.2, 0.25) is 0 Å². The fourth-order valence-corrected chi connectivity index (χ4v) is 2.83. The maximum atomic E-state index is 4.59. The highest BCUT2D eigenvalue weighted by atomic mass is 79.9. The van der Waals surface area contributed by atoms with Crippen LogP contribution in [0.4, 0.5) is 0 Å². The van der Waals surface area contributed by atoms with Gasteiger partial charge in [-0.15, -0.1) is 11.3 Å². The second-order valence-electron chi connectivity index (χ2n) is 3.57. The van der Waals surface area contributed by atoms with Gasteiger partial charge < -0.3 is 4.98 Å². The van der Waals surface area contributed by atoms with Crippen molar-refractivity contribution < 1.29 is 0 Å². The Balaban J connectivity index is 2.27. The van der Waals surface area contributed by atoms with Gasteiger partial charge in [-0.2, -0.15) is 0 Å². The molecule has 0 bridgehead atoms. The third-order valence-corrected chi connectivity index (χ3v) is 3.65. The molecule has 16 heavy (non-hydrogen) atoms. The van der Waals surface area contributed by atoms with Crippen LogP contribution in [0.1, 0.15) is 5.56 Å². The number of hydrogen-bond acceptors (Lipinski definition) is 3. The number of H-pyrrole nitrogens is 1. The Kier molecular flexibility index (Phi) is 2.29. The van der Waals surface area contributed by atoms with E-state index in [9.17, 15) is 0 Å². The van der Waals surface area contributed by atoms with E-state index < -0.39 is 0 Å². The van der Waals surface area contributed by atoms with E-state index in [4.69, 9.17) is 0 Å². The fourth-order valence-electron chi connectivity index (χ4n) is 1.70. The molecule has 0 unspecified atom stereocenters. The zero-order chi connectivity index (χ0) is 11.1. The fraction of sp³-hybridized carbons (Fsp3) is 0.0909. The molecule has 80 valence electrons. The SMILES string of the molecule is Cc1cc(Br)cc2[nH]c(-c3cncs3)nc12. The number of fused-ring (bicyclic) bond motifs is 1. The average molecular weight is 294 g/mol. The molecule has 0 saturated heterocycles. The van der Waals surface area contributed by atoms with Crippen molar-refractivity contribution in [2.24, 2.45) is 0 Å². The van der Waals surface area contributed by atoms with Gasteiger partial charge in [-0.3, -0.25) is 4.98 Å². The quantitative estimate of drug-likeness (QED) is 0.742. The summed E-state index contributed by atoms with van der Waals surface area (Å²) in [6.07, 6.45) is 1.83. The highest BCUT2D eigenvalue weighted by Crippen LogP contribution is 2.27. The highest BCUT2D eigenvalue weighted by Gasteiger charge is 2.08. The monoisotopic (exact) mass is 293 g/mol. The molecular formula is C11H8BrN3S. The van der Waals surface area contributed by atoms with Crippen LogP contribution >= 0.6 is 27.3 Å². The minimum atomic E-state index is 0.888. The molecule has 0 aliphatic rings. The summed E-state index contributed by atoms with van der Waals surface area (Å²) in [6.45, 7) is 2.06. The highest BCUT2D eigenvalue weighted by molar-refractivity contribution is 9.10. The van der Waals surface area contributed by atoms with Crippen molar-refractivity contribution in [3.8, 4) is 10.7 Å². The zero-order valence-corrected chi connectivity index (χ0v) is 10.9. The van der Waals surface area contributed by atoms with Crippen LogP contribution in [-0.2, 0) is 0 Å². The summed E-state index contributed by atoms with van der Waals surface area (Å²) < 4.78 is 1.07. The lowest BCUT2D eigenvalue weighted by Crippen LogP contribution is -1.76. The summed E-state index contributed by atoms with van der Waals surface area (Å²) in [5, 5.41) is 0. The molecule has 0 radical (unpaired) electrons. The minimum Gasteiger partial charge on any atom is -0.337 e. The number of rotatable bonds is 1. The van der Waals surface area contributed by atoms with E-state index in [-0.39, 0.29) is 0 Å². The van der Waals surface area contributed by atoms with Gasteiger partial charge in [-0.1, -0.05) is 15.9 Å². The number of nitrogens with zero attached hydrogens (tertiary/aromatic N) is 2. The summed E-state index contributed by atoms with van der Waals surface area (Å²) in [7, 11) is 0. The Hall–Kier alpha value is -1.20. The normalized spacial score (nSPS) is 11.1. The van der Waals surface area contributed by atoms with Crippen LogP contribution in [0.15, 0.2) is 28.3 Å². The molecule has 0 fully saturated rings. The first-order valence-electron chi connectivity index (χ1n) is 4.79. The van der Waals surface area contributed by atoms with Gasteiger partial charge in [-0.05, 0) is 24.6 Å². The predicted octanol–water partition coefficient (Wildman–Crippen LogP) is 3.76. The van der Waals surface area contributed by atoms with Gasteiger partial charge in [0.15, 0.2) is 0 Å². The molecule has 0 atom stereocenters. The Morgan fingerprint density at radius 3 is 3.00 bits per heavy atom. The van der Waals surface area contributed by atoms with Crippen LogP contribution in [0.3, 0.4) is 0 Å². The van der Waals surface area contributed by atoms with Gasteiger partial charge in [-0.25, -0.2) is 4.98 Å². The lowest BCUT2D eigenvalue weighted by atomic mass is 10.2. The van der Waals surface area contributed by atoms with Crippen molar-refractivity contribution in [1.29, 1.82) is 0 Å². The molecule has 0 aliphatic heterocycles. The molecule has 0 amide bonds. The van der Waals surface area contributed by atoms with Gasteiger partial charge in [0.05, 0.1) is 21.4 Å². The number of imidazole rings is 1. The number of nitrogens with one attached hydrogen (secondary N) is 1. The van der Waals surface area contributed by atoms with Crippen molar-refractivity contribution in [3.63, 3.8) is 0 Å². The molecule has 0 spiro atoms. The number of benzene rings is 1. The Morgan fingerprint density at radius 2 is 2.25 bits per heavy atom. The third-order valence-electron chi connectivity index (χ3n) is 2.41. The van der Waals surface area contributed by atoms with Gasteiger partial charge >= 0.3 is 0 Å². The number of halogens is 1. The first-order chi connectivity index (χ1) is 7.74. The van der Waals surface area contributed by atoms with E-state index in [1.54, 1.807) is 11.3 Å². The zero-order valence-electron chi connectivity index (χ0n) is 8.49. The van der Waals surface area contributed by atoms with Crippen molar-refractivity contribution in [2.45, 2.75) is 6.92 Å². The van der Waals surface area contributed by atoms with E-state index >= 15 is 0 Å². The molecule has 2 aromatic heterocycles. The topological polar surface area (TPSA) is 41.6 Å². The van der Waals surface area contributed by atoms with E-state index in [1.165, 1.54) is 0 Å².